The Balaban J connectivity index is 0.00000423. The zero-order valence-electron chi connectivity index (χ0n) is 24.8. The summed E-state index contributed by atoms with van der Waals surface area (Å²) in [5.74, 6) is -1.78. The third-order valence-electron chi connectivity index (χ3n) is 8.22. The second-order valence-electron chi connectivity index (χ2n) is 10.7. The van der Waals surface area contributed by atoms with Crippen LogP contribution in [-0.4, -0.2) is 66.0 Å². The number of allylic oxidation sites excluding steroid dienone is 4. The minimum atomic E-state index is -0.889. The molecule has 2 aliphatic rings. The van der Waals surface area contributed by atoms with E-state index in [1.165, 1.54) is 0 Å². The molecule has 43 heavy (non-hydrogen) atoms. The second kappa shape index (κ2) is 12.6. The summed E-state index contributed by atoms with van der Waals surface area (Å²) < 4.78 is 0. The molecule has 3 aromatic heterocycles. The summed E-state index contributed by atoms with van der Waals surface area (Å²) >= 11 is 0. The maximum absolute atomic E-state index is 11.5. The number of aliphatic carboxylic acids is 2. The molecule has 0 unspecified atom stereocenters. The Morgan fingerprint density at radius 1 is 0.674 bits per heavy atom. The molecule has 0 saturated heterocycles. The molecule has 4 N–H and O–H groups in total. The van der Waals surface area contributed by atoms with Crippen molar-refractivity contribution in [3.8, 4) is 0 Å². The molecule has 3 aromatic rings. The summed E-state index contributed by atoms with van der Waals surface area (Å²) in [5.41, 5.74) is 13.7. The fourth-order valence-corrected chi connectivity index (χ4v) is 5.77. The van der Waals surface area contributed by atoms with Gasteiger partial charge in [-0.05, 0) is 98.2 Å². The molecule has 0 atom stereocenters. The van der Waals surface area contributed by atoms with Crippen molar-refractivity contribution in [1.82, 2.24) is 19.9 Å². The van der Waals surface area contributed by atoms with Crippen LogP contribution in [0.2, 0.25) is 0 Å². The number of carbonyl (C=O) groups is 2. The zero-order chi connectivity index (χ0) is 30.3. The Morgan fingerprint density at radius 3 is 1.49 bits per heavy atom. The molecule has 0 aromatic carbocycles. The molecule has 0 fully saturated rings. The fraction of sp³-hybridized carbons (Fsp3) is 0.235. The van der Waals surface area contributed by atoms with Gasteiger partial charge in [0, 0.05) is 46.0 Å². The molecule has 5 heterocycles. The van der Waals surface area contributed by atoms with Gasteiger partial charge in [-0.3, -0.25) is 9.59 Å². The van der Waals surface area contributed by atoms with Gasteiger partial charge in [0.2, 0.25) is 0 Å². The molecule has 8 nitrogen and oxygen atoms in total. The minimum absolute atomic E-state index is 0. The average molecular weight is 681 g/mol. The number of rotatable bonds is 8. The van der Waals surface area contributed by atoms with Crippen molar-refractivity contribution in [3.63, 3.8) is 0 Å². The average Bonchev–Trinajstić information content (AvgIpc) is 3.59. The second-order valence-corrected chi connectivity index (χ2v) is 10.7. The van der Waals surface area contributed by atoms with Crippen molar-refractivity contribution in [3.05, 3.63) is 82.5 Å². The molecular formula is C34H34N4O4Sn+4. The molecular weight excluding hydrogens is 647 g/mol. The van der Waals surface area contributed by atoms with Crippen molar-refractivity contribution in [2.45, 2.75) is 53.4 Å². The van der Waals surface area contributed by atoms with Crippen LogP contribution in [0.4, 0.5) is 0 Å². The molecule has 9 heteroatoms. The minimum Gasteiger partial charge on any atom is -0.481 e. The van der Waals surface area contributed by atoms with Crippen molar-refractivity contribution < 1.29 is 19.8 Å². The smallest absolute Gasteiger partial charge is 0.481 e. The van der Waals surface area contributed by atoms with E-state index in [9.17, 15) is 19.8 Å². The van der Waals surface area contributed by atoms with E-state index in [-0.39, 0.29) is 36.7 Å². The number of carboxylic acid groups (broad SMARTS) is 2. The largest absolute Gasteiger partial charge is 4.00 e. The summed E-state index contributed by atoms with van der Waals surface area (Å²) in [5, 5.41) is 18.9. The van der Waals surface area contributed by atoms with Gasteiger partial charge in [-0.25, -0.2) is 9.97 Å². The Hall–Kier alpha value is -4.18. The van der Waals surface area contributed by atoms with Gasteiger partial charge in [-0.1, -0.05) is 25.3 Å². The van der Waals surface area contributed by atoms with Crippen LogP contribution in [0.3, 0.4) is 0 Å². The number of aromatic nitrogens is 4. The summed E-state index contributed by atoms with van der Waals surface area (Å²) in [4.78, 5) is 40.0. The normalized spacial score (nSPS) is 12.7. The van der Waals surface area contributed by atoms with Crippen molar-refractivity contribution in [2.75, 3.05) is 0 Å². The van der Waals surface area contributed by atoms with Crippen LogP contribution in [0.25, 0.3) is 56.5 Å². The predicted octanol–water partition coefficient (Wildman–Crippen LogP) is 7.43. The molecule has 0 spiro atoms. The van der Waals surface area contributed by atoms with E-state index >= 15 is 0 Å². The SMILES string of the molecule is C=Cc1c(C)c2cc3[nH]c(cc4nc(cc5nc(cc1[nH]2)C(C)=C5CCC(=O)O)C(CCC(=O)O)=C4C)c(C)c3C=C.[Sn+4]. The molecule has 8 bridgehead atoms. The maximum Gasteiger partial charge on any atom is 4.00 e. The van der Waals surface area contributed by atoms with Crippen LogP contribution in [0.15, 0.2) is 37.4 Å². The predicted molar refractivity (Wildman–Crippen MR) is 175 cm³/mol. The van der Waals surface area contributed by atoms with Crippen LogP contribution in [0.5, 0.6) is 0 Å². The van der Waals surface area contributed by atoms with Gasteiger partial charge >= 0.3 is 35.8 Å². The first-order valence-electron chi connectivity index (χ1n) is 13.9. The van der Waals surface area contributed by atoms with Crippen LogP contribution in [0.1, 0.15) is 84.6 Å². The first-order valence-corrected chi connectivity index (χ1v) is 13.9. The number of nitrogens with zero attached hydrogens (tertiary/aromatic N) is 2. The van der Waals surface area contributed by atoms with Crippen LogP contribution < -0.4 is 0 Å². The van der Waals surface area contributed by atoms with E-state index in [1.54, 1.807) is 0 Å². The Morgan fingerprint density at radius 2 is 1.07 bits per heavy atom. The van der Waals surface area contributed by atoms with Crippen LogP contribution in [0, 0.1) is 13.8 Å². The third kappa shape index (κ3) is 6.01. The van der Waals surface area contributed by atoms with Gasteiger partial charge in [-0.2, -0.15) is 0 Å². The first kappa shape index (κ1) is 31.7. The number of carboxylic acids is 2. The number of hydrogen-bond acceptors (Lipinski definition) is 4. The van der Waals surface area contributed by atoms with Crippen LogP contribution >= 0.6 is 0 Å². The van der Waals surface area contributed by atoms with E-state index < -0.39 is 11.9 Å². The molecule has 0 amide bonds. The van der Waals surface area contributed by atoms with E-state index in [0.717, 1.165) is 78.0 Å². The van der Waals surface area contributed by atoms with Gasteiger partial charge in [0.05, 0.1) is 22.8 Å². The van der Waals surface area contributed by atoms with Gasteiger partial charge in [-0.15, -0.1) is 0 Å². The summed E-state index contributed by atoms with van der Waals surface area (Å²) in [6, 6.07) is 7.88. The van der Waals surface area contributed by atoms with Crippen molar-refractivity contribution in [2.24, 2.45) is 0 Å². The molecule has 5 rings (SSSR count). The van der Waals surface area contributed by atoms with Gasteiger partial charge in [0.15, 0.2) is 0 Å². The van der Waals surface area contributed by atoms with Gasteiger partial charge < -0.3 is 20.2 Å². The fourth-order valence-electron chi connectivity index (χ4n) is 5.77. The number of aromatic amines is 2. The van der Waals surface area contributed by atoms with Gasteiger partial charge in [0.25, 0.3) is 0 Å². The maximum atomic E-state index is 11.5. The number of fused-ring (bicyclic) bond motifs is 8. The topological polar surface area (TPSA) is 132 Å². The molecule has 214 valence electrons. The van der Waals surface area contributed by atoms with Crippen molar-refractivity contribution >= 4 is 92.4 Å². The summed E-state index contributed by atoms with van der Waals surface area (Å²) in [6.45, 7) is 16.1. The van der Waals surface area contributed by atoms with E-state index in [2.05, 4.69) is 29.2 Å². The number of hydrogen-bond donors (Lipinski definition) is 4. The Kier molecular flexibility index (Phi) is 9.29. The van der Waals surface area contributed by atoms with Gasteiger partial charge in [0.1, 0.15) is 0 Å². The third-order valence-corrected chi connectivity index (χ3v) is 8.22. The molecule has 0 aliphatic carbocycles. The zero-order valence-corrected chi connectivity index (χ0v) is 27.7. The summed E-state index contributed by atoms with van der Waals surface area (Å²) in [7, 11) is 0. The van der Waals surface area contributed by atoms with E-state index in [4.69, 9.17) is 9.97 Å². The molecule has 0 saturated carbocycles. The van der Waals surface area contributed by atoms with Crippen molar-refractivity contribution in [1.29, 1.82) is 0 Å². The molecule has 0 radical (unpaired) electrons. The standard InChI is InChI=1S/C34H34N4O4.Sn/c1-7-21-17(3)25-13-26-19(5)23(9-11-33(39)40)31(37-26)16-32-24(10-12-34(41)42)20(6)28(38-32)15-30-22(8-2)18(4)27(36-30)14-29(21)35-25;/h7-8,13-16,35-36H,1-2,9-12H2,3-6H3,(H,39,40)(H,41,42);/q;+4. The number of H-pyrrole nitrogens is 2. The molecule has 2 aliphatic heterocycles. The quantitative estimate of drug-likeness (QED) is 0.183. The first-order chi connectivity index (χ1) is 20.0. The Bertz CT molecular complexity index is 1920. The Labute approximate surface area is 267 Å². The van der Waals surface area contributed by atoms with E-state index in [1.807, 2.05) is 58.0 Å². The monoisotopic (exact) mass is 682 g/mol. The van der Waals surface area contributed by atoms with Crippen LogP contribution in [-0.2, 0) is 9.59 Å². The number of aryl methyl sites for hydroxylation is 2. The van der Waals surface area contributed by atoms with E-state index in [0.29, 0.717) is 24.2 Å². The summed E-state index contributed by atoms with van der Waals surface area (Å²) in [6.07, 6.45) is 4.20. The number of nitrogens with one attached hydrogen (secondary N) is 2.